The predicted octanol–water partition coefficient (Wildman–Crippen LogP) is 5.61. The van der Waals surface area contributed by atoms with Gasteiger partial charge in [-0.25, -0.2) is 4.79 Å². The van der Waals surface area contributed by atoms with Crippen molar-refractivity contribution in [3.63, 3.8) is 0 Å². The standard InChI is InChI=1S/C23H20F3N5O/c1-2-13-11-14(17-7-4-8-18-20(17)21(27)30-29-18)9-10-19(13)31(22(28)32)16-6-3-5-15(12-16)23(24,25)26/h3-12H,2H2,1H3,(H2,28,32)(H3,27,29,30). The third-order valence-corrected chi connectivity index (χ3v) is 5.28. The number of amides is 2. The highest BCUT2D eigenvalue weighted by Crippen LogP contribution is 2.38. The van der Waals surface area contributed by atoms with Crippen LogP contribution in [0.25, 0.3) is 22.0 Å². The van der Waals surface area contributed by atoms with Crippen LogP contribution in [0.1, 0.15) is 18.1 Å². The zero-order valence-electron chi connectivity index (χ0n) is 17.1. The number of nitrogens with one attached hydrogen (secondary N) is 1. The van der Waals surface area contributed by atoms with Gasteiger partial charge in [0.05, 0.1) is 27.8 Å². The largest absolute Gasteiger partial charge is 0.416 e. The lowest BCUT2D eigenvalue weighted by Gasteiger charge is -2.24. The van der Waals surface area contributed by atoms with E-state index in [9.17, 15) is 18.0 Å². The van der Waals surface area contributed by atoms with Gasteiger partial charge in [-0.05, 0) is 59.5 Å². The predicted molar refractivity (Wildman–Crippen MR) is 118 cm³/mol. The number of nitrogens with zero attached hydrogens (tertiary/aromatic N) is 2. The van der Waals surface area contributed by atoms with E-state index in [1.54, 1.807) is 12.1 Å². The molecule has 0 aliphatic carbocycles. The van der Waals surface area contributed by atoms with E-state index in [2.05, 4.69) is 10.2 Å². The Hall–Kier alpha value is -4.01. The van der Waals surface area contributed by atoms with Crippen LogP contribution in [0.4, 0.5) is 35.2 Å². The zero-order valence-corrected chi connectivity index (χ0v) is 17.1. The van der Waals surface area contributed by atoms with E-state index >= 15 is 0 Å². The number of aromatic amines is 1. The molecule has 4 rings (SSSR count). The van der Waals surface area contributed by atoms with Crippen LogP contribution < -0.4 is 16.4 Å². The molecule has 0 saturated carbocycles. The summed E-state index contributed by atoms with van der Waals surface area (Å²) in [7, 11) is 0. The number of aromatic nitrogens is 2. The van der Waals surface area contributed by atoms with Crippen LogP contribution in [-0.4, -0.2) is 16.2 Å². The number of fused-ring (bicyclic) bond motifs is 1. The number of primary amides is 1. The number of alkyl halides is 3. The van der Waals surface area contributed by atoms with Crippen LogP contribution in [0.5, 0.6) is 0 Å². The van der Waals surface area contributed by atoms with Crippen molar-refractivity contribution in [3.8, 4) is 11.1 Å². The first-order chi connectivity index (χ1) is 15.2. The number of carbonyl (C=O) groups excluding carboxylic acids is 1. The first-order valence-corrected chi connectivity index (χ1v) is 9.83. The summed E-state index contributed by atoms with van der Waals surface area (Å²) in [4.78, 5) is 13.4. The Morgan fingerprint density at radius 2 is 1.84 bits per heavy atom. The van der Waals surface area contributed by atoms with Crippen molar-refractivity contribution in [1.82, 2.24) is 10.2 Å². The van der Waals surface area contributed by atoms with Gasteiger partial charge in [-0.15, -0.1) is 0 Å². The number of hydrogen-bond donors (Lipinski definition) is 3. The van der Waals surface area contributed by atoms with Gasteiger partial charge in [-0.1, -0.05) is 31.2 Å². The number of benzene rings is 3. The minimum Gasteiger partial charge on any atom is -0.382 e. The van der Waals surface area contributed by atoms with E-state index in [1.165, 1.54) is 12.1 Å². The third-order valence-electron chi connectivity index (χ3n) is 5.28. The smallest absolute Gasteiger partial charge is 0.382 e. The minimum absolute atomic E-state index is 0.0379. The molecule has 0 radical (unpaired) electrons. The van der Waals surface area contributed by atoms with E-state index in [0.29, 0.717) is 17.9 Å². The van der Waals surface area contributed by atoms with Crippen molar-refractivity contribution in [2.75, 3.05) is 10.6 Å². The Morgan fingerprint density at radius 1 is 1.09 bits per heavy atom. The summed E-state index contributed by atoms with van der Waals surface area (Å²) in [5, 5.41) is 7.70. The van der Waals surface area contributed by atoms with Gasteiger partial charge in [0.1, 0.15) is 0 Å². The highest BCUT2D eigenvalue weighted by molar-refractivity contribution is 6.03. The third kappa shape index (κ3) is 3.73. The highest BCUT2D eigenvalue weighted by Gasteiger charge is 2.31. The number of hydrogen-bond acceptors (Lipinski definition) is 3. The van der Waals surface area contributed by atoms with E-state index in [0.717, 1.165) is 44.6 Å². The van der Waals surface area contributed by atoms with Crippen LogP contribution in [0.15, 0.2) is 60.7 Å². The maximum absolute atomic E-state index is 13.2. The second-order valence-corrected chi connectivity index (χ2v) is 7.26. The Balaban J connectivity index is 1.84. The zero-order chi connectivity index (χ0) is 23.0. The molecule has 32 heavy (non-hydrogen) atoms. The van der Waals surface area contributed by atoms with Crippen molar-refractivity contribution in [1.29, 1.82) is 0 Å². The molecule has 0 spiro atoms. The van der Waals surface area contributed by atoms with Crippen LogP contribution in [0.3, 0.4) is 0 Å². The molecule has 2 amide bonds. The molecule has 3 aromatic carbocycles. The second kappa shape index (κ2) is 7.92. The summed E-state index contributed by atoms with van der Waals surface area (Å²) in [6, 6.07) is 14.6. The molecule has 1 heterocycles. The lowest BCUT2D eigenvalue weighted by Crippen LogP contribution is -2.32. The summed E-state index contributed by atoms with van der Waals surface area (Å²) in [5.41, 5.74) is 14.4. The molecule has 4 aromatic rings. The fourth-order valence-electron chi connectivity index (χ4n) is 3.80. The minimum atomic E-state index is -4.54. The lowest BCUT2D eigenvalue weighted by atomic mass is 9.97. The molecule has 9 heteroatoms. The van der Waals surface area contributed by atoms with E-state index in [4.69, 9.17) is 11.5 Å². The molecule has 6 nitrogen and oxygen atoms in total. The van der Waals surface area contributed by atoms with E-state index in [-0.39, 0.29) is 5.69 Å². The summed E-state index contributed by atoms with van der Waals surface area (Å²) >= 11 is 0. The molecule has 1 aromatic heterocycles. The highest BCUT2D eigenvalue weighted by atomic mass is 19.4. The number of halogens is 3. The molecule has 5 N–H and O–H groups in total. The summed E-state index contributed by atoms with van der Waals surface area (Å²) in [6.07, 6.45) is -4.03. The fraction of sp³-hybridized carbons (Fsp3) is 0.130. The summed E-state index contributed by atoms with van der Waals surface area (Å²) in [6.45, 7) is 1.89. The van der Waals surface area contributed by atoms with Gasteiger partial charge >= 0.3 is 12.2 Å². The van der Waals surface area contributed by atoms with Gasteiger partial charge < -0.3 is 11.5 Å². The molecular formula is C23H20F3N5O. The number of rotatable bonds is 4. The van der Waals surface area contributed by atoms with Crippen LogP contribution in [-0.2, 0) is 12.6 Å². The number of anilines is 3. The molecule has 0 saturated heterocycles. The van der Waals surface area contributed by atoms with Crippen LogP contribution >= 0.6 is 0 Å². The van der Waals surface area contributed by atoms with Crippen molar-refractivity contribution in [2.45, 2.75) is 19.5 Å². The van der Waals surface area contributed by atoms with Gasteiger partial charge in [-0.3, -0.25) is 10.00 Å². The van der Waals surface area contributed by atoms with Gasteiger partial charge in [-0.2, -0.15) is 18.3 Å². The number of H-pyrrole nitrogens is 1. The maximum Gasteiger partial charge on any atom is 0.416 e. The Morgan fingerprint density at radius 3 is 2.53 bits per heavy atom. The quantitative estimate of drug-likeness (QED) is 0.385. The summed E-state index contributed by atoms with van der Waals surface area (Å²) < 4.78 is 39.6. The molecule has 0 atom stereocenters. The van der Waals surface area contributed by atoms with Gasteiger partial charge in [0.2, 0.25) is 0 Å². The molecular weight excluding hydrogens is 419 g/mol. The van der Waals surface area contributed by atoms with Crippen molar-refractivity contribution < 1.29 is 18.0 Å². The SMILES string of the molecule is CCc1cc(-c2cccc3[nH]nc(N)c23)ccc1N(C(N)=O)c1cccc(C(F)(F)F)c1. The van der Waals surface area contributed by atoms with Crippen molar-refractivity contribution in [2.24, 2.45) is 5.73 Å². The van der Waals surface area contributed by atoms with Crippen molar-refractivity contribution in [3.05, 3.63) is 71.8 Å². The number of nitrogen functional groups attached to an aromatic ring is 1. The first kappa shape index (κ1) is 21.2. The Kier molecular flexibility index (Phi) is 5.25. The maximum atomic E-state index is 13.2. The number of urea groups is 1. The first-order valence-electron chi connectivity index (χ1n) is 9.83. The second-order valence-electron chi connectivity index (χ2n) is 7.26. The molecule has 0 unspecified atom stereocenters. The number of aryl methyl sites for hydroxylation is 1. The molecule has 164 valence electrons. The van der Waals surface area contributed by atoms with Gasteiger partial charge in [0, 0.05) is 0 Å². The molecule has 0 aliphatic rings. The average molecular weight is 439 g/mol. The molecule has 0 aliphatic heterocycles. The van der Waals surface area contributed by atoms with Crippen LogP contribution in [0.2, 0.25) is 0 Å². The topological polar surface area (TPSA) is 101 Å². The normalized spacial score (nSPS) is 11.6. The van der Waals surface area contributed by atoms with Gasteiger partial charge in [0.25, 0.3) is 0 Å². The fourth-order valence-corrected chi connectivity index (χ4v) is 3.80. The average Bonchev–Trinajstić information content (AvgIpc) is 3.14. The van der Waals surface area contributed by atoms with E-state index < -0.39 is 17.8 Å². The monoisotopic (exact) mass is 439 g/mol. The number of nitrogens with two attached hydrogens (primary N) is 2. The van der Waals surface area contributed by atoms with Gasteiger partial charge in [0.15, 0.2) is 5.82 Å². The number of carbonyl (C=O) groups is 1. The summed E-state index contributed by atoms with van der Waals surface area (Å²) in [5.74, 6) is 0.362. The van der Waals surface area contributed by atoms with Crippen LogP contribution in [0, 0.1) is 0 Å². The molecule has 0 fully saturated rings. The Bertz CT molecular complexity index is 1310. The Labute approximate surface area is 181 Å². The van der Waals surface area contributed by atoms with E-state index in [1.807, 2.05) is 31.2 Å². The lowest BCUT2D eigenvalue weighted by molar-refractivity contribution is -0.137. The molecule has 0 bridgehead atoms. The van der Waals surface area contributed by atoms with Crippen molar-refractivity contribution >= 4 is 34.1 Å².